The average Bonchev–Trinajstić information content (AvgIpc) is 2.99. The molecule has 0 unspecified atom stereocenters. The number of para-hydroxylation sites is 1. The lowest BCUT2D eigenvalue weighted by molar-refractivity contribution is -0.118. The smallest absolute Gasteiger partial charge is 0.232 e. The Hall–Kier alpha value is -2.34. The Morgan fingerprint density at radius 1 is 1.15 bits per heavy atom. The summed E-state index contributed by atoms with van der Waals surface area (Å²) in [5, 5.41) is 0. The number of hydrogen-bond donors (Lipinski definition) is 0. The van der Waals surface area contributed by atoms with E-state index in [1.165, 1.54) is 10.6 Å². The van der Waals surface area contributed by atoms with Gasteiger partial charge in [0.1, 0.15) is 0 Å². The zero-order chi connectivity index (χ0) is 18.9. The lowest BCUT2D eigenvalue weighted by Crippen LogP contribution is -2.36. The van der Waals surface area contributed by atoms with Gasteiger partial charge in [0.25, 0.3) is 0 Å². The van der Waals surface area contributed by atoms with Gasteiger partial charge >= 0.3 is 0 Å². The van der Waals surface area contributed by atoms with E-state index < -0.39 is 10.0 Å². The highest BCUT2D eigenvalue weighted by Crippen LogP contribution is 2.29. The number of carbonyl (C=O) groups excluding carboxylic acids is 1. The zero-order valence-electron chi connectivity index (χ0n) is 15.4. The number of aryl methyl sites for hydroxylation is 2. The Balaban J connectivity index is 1.78. The van der Waals surface area contributed by atoms with Crippen molar-refractivity contribution in [2.45, 2.75) is 26.7 Å². The van der Waals surface area contributed by atoms with E-state index in [0.29, 0.717) is 12.2 Å². The molecule has 138 valence electrons. The summed E-state index contributed by atoms with van der Waals surface area (Å²) < 4.78 is 25.9. The summed E-state index contributed by atoms with van der Waals surface area (Å²) in [7, 11) is -3.47. The number of amides is 1. The lowest BCUT2D eigenvalue weighted by atomic mass is 10.1. The normalized spacial score (nSPS) is 13.6. The number of hydrogen-bond acceptors (Lipinski definition) is 3. The SMILES string of the molecule is Cc1ccc(N(CCC(=O)N2CCc3ccccc32)S(C)(=O)=O)c(C)c1. The summed E-state index contributed by atoms with van der Waals surface area (Å²) in [5.41, 5.74) is 4.69. The van der Waals surface area contributed by atoms with E-state index in [9.17, 15) is 13.2 Å². The van der Waals surface area contributed by atoms with Gasteiger partial charge in [-0.15, -0.1) is 0 Å². The van der Waals surface area contributed by atoms with Gasteiger partial charge < -0.3 is 4.90 Å². The number of sulfonamides is 1. The maximum atomic E-state index is 12.7. The van der Waals surface area contributed by atoms with E-state index in [2.05, 4.69) is 0 Å². The fraction of sp³-hybridized carbons (Fsp3) is 0.350. The van der Waals surface area contributed by atoms with Gasteiger partial charge in [0.05, 0.1) is 11.9 Å². The predicted molar refractivity (Wildman–Crippen MR) is 105 cm³/mol. The number of fused-ring (bicyclic) bond motifs is 1. The molecule has 1 aliphatic rings. The molecular formula is C20H24N2O3S. The van der Waals surface area contributed by atoms with Gasteiger partial charge in [-0.1, -0.05) is 35.9 Å². The molecule has 0 radical (unpaired) electrons. The second-order valence-electron chi connectivity index (χ2n) is 6.80. The number of carbonyl (C=O) groups is 1. The van der Waals surface area contributed by atoms with Crippen LogP contribution in [0.3, 0.4) is 0 Å². The van der Waals surface area contributed by atoms with E-state index in [1.54, 1.807) is 11.0 Å². The van der Waals surface area contributed by atoms with Gasteiger partial charge in [-0.3, -0.25) is 9.10 Å². The fourth-order valence-electron chi connectivity index (χ4n) is 3.48. The molecule has 2 aromatic carbocycles. The van der Waals surface area contributed by atoms with Crippen molar-refractivity contribution in [1.29, 1.82) is 0 Å². The highest BCUT2D eigenvalue weighted by molar-refractivity contribution is 7.92. The summed E-state index contributed by atoms with van der Waals surface area (Å²) in [6.07, 6.45) is 2.17. The first-order chi connectivity index (χ1) is 12.3. The molecule has 3 rings (SSSR count). The number of anilines is 2. The topological polar surface area (TPSA) is 57.7 Å². The van der Waals surface area contributed by atoms with Crippen LogP contribution in [0.1, 0.15) is 23.1 Å². The molecule has 1 heterocycles. The van der Waals surface area contributed by atoms with Crippen molar-refractivity contribution in [2.24, 2.45) is 0 Å². The van der Waals surface area contributed by atoms with Crippen molar-refractivity contribution >= 4 is 27.3 Å². The monoisotopic (exact) mass is 372 g/mol. The van der Waals surface area contributed by atoms with Gasteiger partial charge in [0, 0.05) is 25.2 Å². The van der Waals surface area contributed by atoms with E-state index >= 15 is 0 Å². The summed E-state index contributed by atoms with van der Waals surface area (Å²) in [6, 6.07) is 13.5. The molecule has 0 N–H and O–H groups in total. The molecule has 6 heteroatoms. The molecule has 0 aromatic heterocycles. The van der Waals surface area contributed by atoms with Crippen molar-refractivity contribution in [3.63, 3.8) is 0 Å². The molecule has 1 amide bonds. The number of rotatable bonds is 5. The minimum absolute atomic E-state index is 0.0478. The molecule has 0 saturated carbocycles. The molecule has 2 aromatic rings. The second kappa shape index (κ2) is 7.11. The van der Waals surface area contributed by atoms with Gasteiger partial charge in [-0.25, -0.2) is 8.42 Å². The van der Waals surface area contributed by atoms with E-state index in [1.807, 2.05) is 50.2 Å². The van der Waals surface area contributed by atoms with E-state index in [-0.39, 0.29) is 18.9 Å². The van der Waals surface area contributed by atoms with Crippen LogP contribution in [-0.2, 0) is 21.2 Å². The minimum Gasteiger partial charge on any atom is -0.312 e. The van der Waals surface area contributed by atoms with Crippen LogP contribution in [0.4, 0.5) is 11.4 Å². The first kappa shape index (κ1) is 18.5. The quantitative estimate of drug-likeness (QED) is 0.811. The summed E-state index contributed by atoms with van der Waals surface area (Å²) in [4.78, 5) is 14.5. The highest BCUT2D eigenvalue weighted by Gasteiger charge is 2.26. The fourth-order valence-corrected chi connectivity index (χ4v) is 4.46. The maximum absolute atomic E-state index is 12.7. The van der Waals surface area contributed by atoms with Crippen molar-refractivity contribution in [1.82, 2.24) is 0 Å². The molecule has 1 aliphatic heterocycles. The van der Waals surface area contributed by atoms with Crippen LogP contribution in [0.2, 0.25) is 0 Å². The van der Waals surface area contributed by atoms with Crippen LogP contribution in [0.25, 0.3) is 0 Å². The maximum Gasteiger partial charge on any atom is 0.232 e. The molecule has 0 fully saturated rings. The summed E-state index contributed by atoms with van der Waals surface area (Å²) in [6.45, 7) is 4.65. The first-order valence-electron chi connectivity index (χ1n) is 8.70. The zero-order valence-corrected chi connectivity index (χ0v) is 16.2. The Morgan fingerprint density at radius 3 is 2.58 bits per heavy atom. The first-order valence-corrected chi connectivity index (χ1v) is 10.6. The third-order valence-electron chi connectivity index (χ3n) is 4.74. The lowest BCUT2D eigenvalue weighted by Gasteiger charge is -2.25. The molecule has 0 aliphatic carbocycles. The second-order valence-corrected chi connectivity index (χ2v) is 8.71. The van der Waals surface area contributed by atoms with Gasteiger partial charge in [0.15, 0.2) is 0 Å². The molecule has 5 nitrogen and oxygen atoms in total. The summed E-state index contributed by atoms with van der Waals surface area (Å²) in [5.74, 6) is -0.0478. The molecule has 26 heavy (non-hydrogen) atoms. The van der Waals surface area contributed by atoms with Gasteiger partial charge in [0.2, 0.25) is 15.9 Å². The van der Waals surface area contributed by atoms with Crippen molar-refractivity contribution in [2.75, 3.05) is 28.6 Å². The van der Waals surface area contributed by atoms with Gasteiger partial charge in [-0.05, 0) is 43.5 Å². The van der Waals surface area contributed by atoms with E-state index in [0.717, 1.165) is 28.8 Å². The Bertz CT molecular complexity index is 938. The van der Waals surface area contributed by atoms with Crippen LogP contribution in [0, 0.1) is 13.8 Å². The standard InChI is InChI=1S/C20H24N2O3S/c1-15-8-9-18(16(2)14-15)22(26(3,24)25)13-11-20(23)21-12-10-17-6-4-5-7-19(17)21/h4-9,14H,10-13H2,1-3H3. The molecule has 0 bridgehead atoms. The van der Waals surface area contributed by atoms with E-state index in [4.69, 9.17) is 0 Å². The number of benzene rings is 2. The largest absolute Gasteiger partial charge is 0.312 e. The third kappa shape index (κ3) is 3.75. The van der Waals surface area contributed by atoms with Crippen LogP contribution in [0.5, 0.6) is 0 Å². The third-order valence-corrected chi connectivity index (χ3v) is 5.92. The van der Waals surface area contributed by atoms with Gasteiger partial charge in [-0.2, -0.15) is 0 Å². The van der Waals surface area contributed by atoms with Crippen LogP contribution >= 0.6 is 0 Å². The highest BCUT2D eigenvalue weighted by atomic mass is 32.2. The Labute approximate surface area is 155 Å². The van der Waals surface area contributed by atoms with Crippen molar-refractivity contribution < 1.29 is 13.2 Å². The van der Waals surface area contributed by atoms with Crippen LogP contribution in [-0.4, -0.2) is 33.7 Å². The number of nitrogens with zero attached hydrogens (tertiary/aromatic N) is 2. The van der Waals surface area contributed by atoms with Crippen molar-refractivity contribution in [3.8, 4) is 0 Å². The minimum atomic E-state index is -3.47. The van der Waals surface area contributed by atoms with Crippen LogP contribution < -0.4 is 9.21 Å². The Kier molecular flexibility index (Phi) is 5.05. The summed E-state index contributed by atoms with van der Waals surface area (Å²) >= 11 is 0. The van der Waals surface area contributed by atoms with Crippen LogP contribution in [0.15, 0.2) is 42.5 Å². The predicted octanol–water partition coefficient (Wildman–Crippen LogP) is 3.05. The molecule has 0 atom stereocenters. The molecule has 0 spiro atoms. The van der Waals surface area contributed by atoms with Crippen molar-refractivity contribution in [3.05, 3.63) is 59.2 Å². The Morgan fingerprint density at radius 2 is 1.88 bits per heavy atom. The molecule has 0 saturated heterocycles. The molecular weight excluding hydrogens is 348 g/mol. The average molecular weight is 372 g/mol.